The summed E-state index contributed by atoms with van der Waals surface area (Å²) in [5.41, 5.74) is 5.04. The van der Waals surface area contributed by atoms with E-state index in [1.165, 1.54) is 13.3 Å². The number of esters is 1. The van der Waals surface area contributed by atoms with Crippen molar-refractivity contribution in [2.24, 2.45) is 5.10 Å². The van der Waals surface area contributed by atoms with Gasteiger partial charge in [0, 0.05) is 10.0 Å². The summed E-state index contributed by atoms with van der Waals surface area (Å²) >= 11 is 3.34. The summed E-state index contributed by atoms with van der Waals surface area (Å²) in [6, 6.07) is 28.5. The number of hydrogen-bond acceptors (Lipinski definition) is 6. The van der Waals surface area contributed by atoms with Crippen LogP contribution in [0.5, 0.6) is 17.2 Å². The summed E-state index contributed by atoms with van der Waals surface area (Å²) in [4.78, 5) is 24.9. The number of hydrogen-bond donors (Lipinski definition) is 1. The summed E-state index contributed by atoms with van der Waals surface area (Å²) in [5.74, 6) is 0.409. The van der Waals surface area contributed by atoms with E-state index in [4.69, 9.17) is 14.2 Å². The van der Waals surface area contributed by atoms with Crippen molar-refractivity contribution in [3.63, 3.8) is 0 Å². The number of hydrazone groups is 1. The second kappa shape index (κ2) is 12.5. The van der Waals surface area contributed by atoms with Crippen molar-refractivity contribution in [3.05, 3.63) is 124 Å². The minimum absolute atomic E-state index is 0.267. The van der Waals surface area contributed by atoms with Crippen LogP contribution in [0.4, 0.5) is 0 Å². The normalized spacial score (nSPS) is 10.6. The quantitative estimate of drug-likeness (QED) is 0.117. The van der Waals surface area contributed by atoms with Gasteiger partial charge in [0.15, 0.2) is 11.5 Å². The number of carbonyl (C=O) groups excluding carboxylic acids is 2. The summed E-state index contributed by atoms with van der Waals surface area (Å²) in [7, 11) is 1.47. The van der Waals surface area contributed by atoms with Crippen molar-refractivity contribution < 1.29 is 23.8 Å². The van der Waals surface area contributed by atoms with Crippen LogP contribution in [0.1, 0.15) is 31.8 Å². The van der Waals surface area contributed by atoms with Gasteiger partial charge in [0.2, 0.25) is 0 Å². The molecule has 4 aromatic carbocycles. The summed E-state index contributed by atoms with van der Waals surface area (Å²) in [6.07, 6.45) is 1.47. The first kappa shape index (κ1) is 25.7. The van der Waals surface area contributed by atoms with Gasteiger partial charge in [-0.15, -0.1) is 0 Å². The number of rotatable bonds is 9. The number of carbonyl (C=O) groups is 2. The number of nitrogens with one attached hydrogen (secondary N) is 1. The highest BCUT2D eigenvalue weighted by Gasteiger charge is 2.13. The van der Waals surface area contributed by atoms with Crippen LogP contribution >= 0.6 is 15.9 Å². The van der Waals surface area contributed by atoms with Crippen LogP contribution in [0.2, 0.25) is 0 Å². The second-order valence-electron chi connectivity index (χ2n) is 7.81. The van der Waals surface area contributed by atoms with Crippen molar-refractivity contribution in [2.45, 2.75) is 6.61 Å². The van der Waals surface area contributed by atoms with Crippen molar-refractivity contribution in [1.82, 2.24) is 5.43 Å². The van der Waals surface area contributed by atoms with E-state index in [0.717, 1.165) is 10.0 Å². The van der Waals surface area contributed by atoms with Gasteiger partial charge in [-0.2, -0.15) is 5.10 Å². The van der Waals surface area contributed by atoms with Crippen LogP contribution in [0.15, 0.2) is 107 Å². The van der Waals surface area contributed by atoms with E-state index in [1.807, 2.05) is 36.4 Å². The molecule has 0 saturated heterocycles. The molecule has 0 bridgehead atoms. The van der Waals surface area contributed by atoms with E-state index in [2.05, 4.69) is 26.5 Å². The van der Waals surface area contributed by atoms with Gasteiger partial charge in [-0.1, -0.05) is 52.3 Å². The van der Waals surface area contributed by atoms with Gasteiger partial charge in [-0.05, 0) is 71.8 Å². The van der Waals surface area contributed by atoms with Crippen LogP contribution < -0.4 is 19.6 Å². The van der Waals surface area contributed by atoms with Crippen LogP contribution in [0.3, 0.4) is 0 Å². The predicted molar refractivity (Wildman–Crippen MR) is 144 cm³/mol. The summed E-state index contributed by atoms with van der Waals surface area (Å²) < 4.78 is 17.3. The monoisotopic (exact) mass is 558 g/mol. The first-order valence-electron chi connectivity index (χ1n) is 11.3. The Kier molecular flexibility index (Phi) is 8.67. The Morgan fingerprint density at radius 3 is 2.38 bits per heavy atom. The Bertz CT molecular complexity index is 1410. The molecule has 0 saturated carbocycles. The molecule has 1 amide bonds. The average Bonchev–Trinajstić information content (AvgIpc) is 2.93. The minimum Gasteiger partial charge on any atom is -0.493 e. The molecule has 0 unspecified atom stereocenters. The van der Waals surface area contributed by atoms with Gasteiger partial charge in [0.25, 0.3) is 5.91 Å². The van der Waals surface area contributed by atoms with Crippen molar-refractivity contribution in [2.75, 3.05) is 7.11 Å². The molecule has 0 radical (unpaired) electrons. The fourth-order valence-corrected chi connectivity index (χ4v) is 3.70. The number of ether oxygens (including phenoxy) is 3. The van der Waals surface area contributed by atoms with Crippen LogP contribution in [0.25, 0.3) is 0 Å². The van der Waals surface area contributed by atoms with Gasteiger partial charge in [0.05, 0.1) is 18.9 Å². The van der Waals surface area contributed by atoms with Crippen molar-refractivity contribution >= 4 is 34.0 Å². The molecule has 0 atom stereocenters. The molecule has 7 nitrogen and oxygen atoms in total. The molecule has 0 fully saturated rings. The molecule has 186 valence electrons. The fourth-order valence-electron chi connectivity index (χ4n) is 3.30. The Labute approximate surface area is 222 Å². The lowest BCUT2D eigenvalue weighted by molar-refractivity contribution is 0.0729. The highest BCUT2D eigenvalue weighted by Crippen LogP contribution is 2.28. The lowest BCUT2D eigenvalue weighted by Gasteiger charge is -2.10. The molecule has 0 aliphatic heterocycles. The zero-order valence-corrected chi connectivity index (χ0v) is 21.5. The third-order valence-corrected chi connectivity index (χ3v) is 5.69. The maximum atomic E-state index is 12.4. The smallest absolute Gasteiger partial charge is 0.343 e. The van der Waals surface area contributed by atoms with Gasteiger partial charge >= 0.3 is 5.97 Å². The van der Waals surface area contributed by atoms with Gasteiger partial charge in [-0.25, -0.2) is 10.2 Å². The number of halogens is 1. The molecule has 0 heterocycles. The second-order valence-corrected chi connectivity index (χ2v) is 8.72. The van der Waals surface area contributed by atoms with Gasteiger partial charge in [0.1, 0.15) is 12.4 Å². The third kappa shape index (κ3) is 7.28. The molecule has 37 heavy (non-hydrogen) atoms. The van der Waals surface area contributed by atoms with Gasteiger partial charge < -0.3 is 14.2 Å². The van der Waals surface area contributed by atoms with E-state index >= 15 is 0 Å². The maximum absolute atomic E-state index is 12.4. The number of methoxy groups -OCH3 is 1. The summed E-state index contributed by atoms with van der Waals surface area (Å²) in [6.45, 7) is 0.447. The standard InChI is InChI=1S/C29H23BrN2O5/c1-35-27-16-21(10-15-26(27)37-29(34)23-8-5-9-24(30)17-23)18-31-32-28(33)22-11-13-25(14-12-22)36-19-20-6-3-2-4-7-20/h2-18H,19H2,1H3,(H,32,33)/b31-18-. The fraction of sp³-hybridized carbons (Fsp3) is 0.0690. The Morgan fingerprint density at radius 1 is 0.865 bits per heavy atom. The first-order chi connectivity index (χ1) is 18.0. The van der Waals surface area contributed by atoms with Crippen molar-refractivity contribution in [1.29, 1.82) is 0 Å². The molecule has 1 N–H and O–H groups in total. The lowest BCUT2D eigenvalue weighted by atomic mass is 10.2. The molecule has 0 aliphatic rings. The highest BCUT2D eigenvalue weighted by atomic mass is 79.9. The zero-order chi connectivity index (χ0) is 26.0. The number of benzene rings is 4. The Hall–Kier alpha value is -4.43. The molecule has 4 aromatic rings. The van der Waals surface area contributed by atoms with E-state index in [0.29, 0.717) is 34.8 Å². The van der Waals surface area contributed by atoms with E-state index in [9.17, 15) is 9.59 Å². The molecule has 0 aromatic heterocycles. The van der Waals surface area contributed by atoms with Gasteiger partial charge in [-0.3, -0.25) is 4.79 Å². The molecule has 8 heteroatoms. The van der Waals surface area contributed by atoms with Crippen LogP contribution in [-0.2, 0) is 6.61 Å². The number of amides is 1. The predicted octanol–water partition coefficient (Wildman–Crippen LogP) is 6.02. The lowest BCUT2D eigenvalue weighted by Crippen LogP contribution is -2.17. The van der Waals surface area contributed by atoms with E-state index in [-0.39, 0.29) is 11.7 Å². The average molecular weight is 559 g/mol. The first-order valence-corrected chi connectivity index (χ1v) is 12.1. The largest absolute Gasteiger partial charge is 0.493 e. The van der Waals surface area contributed by atoms with Crippen LogP contribution in [-0.4, -0.2) is 25.2 Å². The Balaban J connectivity index is 1.32. The summed E-state index contributed by atoms with van der Waals surface area (Å²) in [5, 5.41) is 4.02. The highest BCUT2D eigenvalue weighted by molar-refractivity contribution is 9.10. The SMILES string of the molecule is COc1cc(/C=N\NC(=O)c2ccc(OCc3ccccc3)cc2)ccc1OC(=O)c1cccc(Br)c1. The molecule has 4 rings (SSSR count). The molecular weight excluding hydrogens is 536 g/mol. The third-order valence-electron chi connectivity index (χ3n) is 5.20. The Morgan fingerprint density at radius 2 is 1.65 bits per heavy atom. The van der Waals surface area contributed by atoms with E-state index in [1.54, 1.807) is 60.7 Å². The van der Waals surface area contributed by atoms with Crippen molar-refractivity contribution in [3.8, 4) is 17.2 Å². The van der Waals surface area contributed by atoms with Crippen LogP contribution in [0, 0.1) is 0 Å². The van der Waals surface area contributed by atoms with E-state index < -0.39 is 5.97 Å². The number of nitrogens with zero attached hydrogens (tertiary/aromatic N) is 1. The maximum Gasteiger partial charge on any atom is 0.343 e. The molecular formula is C29H23BrN2O5. The molecule has 0 spiro atoms. The minimum atomic E-state index is -0.509. The topological polar surface area (TPSA) is 86.2 Å². The zero-order valence-electron chi connectivity index (χ0n) is 19.9. The molecule has 0 aliphatic carbocycles.